The first-order valence-corrected chi connectivity index (χ1v) is 10.2. The largest absolute Gasteiger partial charge is 0.372 e. The van der Waals surface area contributed by atoms with Crippen LogP contribution in [0.5, 0.6) is 0 Å². The summed E-state index contributed by atoms with van der Waals surface area (Å²) >= 11 is 5.81. The molecular formula is C20H27ClFN3O3. The van der Waals surface area contributed by atoms with Crippen LogP contribution in [0, 0.1) is 5.82 Å². The zero-order valence-corrected chi connectivity index (χ0v) is 16.8. The molecule has 0 spiro atoms. The molecule has 1 aliphatic heterocycles. The van der Waals surface area contributed by atoms with E-state index < -0.39 is 23.2 Å². The summed E-state index contributed by atoms with van der Waals surface area (Å²) < 4.78 is 13.4. The molecule has 8 heteroatoms. The molecule has 3 rings (SSSR count). The van der Waals surface area contributed by atoms with Crippen molar-refractivity contribution < 1.29 is 19.1 Å². The average Bonchev–Trinajstić information content (AvgIpc) is 2.96. The molecule has 28 heavy (non-hydrogen) atoms. The summed E-state index contributed by atoms with van der Waals surface area (Å²) in [5.41, 5.74) is -1.60. The highest BCUT2D eigenvalue weighted by atomic mass is 35.5. The van der Waals surface area contributed by atoms with Gasteiger partial charge in [0.15, 0.2) is 0 Å². The van der Waals surface area contributed by atoms with E-state index in [2.05, 4.69) is 17.6 Å². The van der Waals surface area contributed by atoms with Crippen LogP contribution in [0.25, 0.3) is 0 Å². The van der Waals surface area contributed by atoms with Gasteiger partial charge in [0.1, 0.15) is 5.82 Å². The number of carbonyl (C=O) groups is 2. The van der Waals surface area contributed by atoms with Gasteiger partial charge in [0.2, 0.25) is 5.60 Å². The number of hydrogen-bond donors (Lipinski definition) is 3. The lowest BCUT2D eigenvalue weighted by Crippen LogP contribution is -2.54. The molecule has 1 aromatic carbocycles. The summed E-state index contributed by atoms with van der Waals surface area (Å²) in [4.78, 5) is 27.0. The molecule has 6 nitrogen and oxygen atoms in total. The lowest BCUT2D eigenvalue weighted by molar-refractivity contribution is -0.155. The minimum Gasteiger partial charge on any atom is -0.372 e. The number of aliphatic hydroxyl groups is 1. The molecule has 2 amide bonds. The minimum atomic E-state index is -2.06. The zero-order valence-electron chi connectivity index (χ0n) is 16.0. The highest BCUT2D eigenvalue weighted by Gasteiger charge is 2.52. The third-order valence-corrected chi connectivity index (χ3v) is 5.93. The molecule has 0 bridgehead atoms. The second kappa shape index (κ2) is 8.76. The monoisotopic (exact) mass is 411 g/mol. The number of carbonyl (C=O) groups excluding carboxylic acids is 2. The van der Waals surface area contributed by atoms with Crippen molar-refractivity contribution in [3.05, 3.63) is 34.6 Å². The number of rotatable bonds is 6. The third kappa shape index (κ3) is 4.47. The first kappa shape index (κ1) is 21.0. The van der Waals surface area contributed by atoms with Crippen LogP contribution in [0.3, 0.4) is 0 Å². The Morgan fingerprint density at radius 2 is 2.04 bits per heavy atom. The molecule has 154 valence electrons. The first-order chi connectivity index (χ1) is 13.3. The van der Waals surface area contributed by atoms with E-state index in [-0.39, 0.29) is 24.0 Å². The Balaban J connectivity index is 1.58. The molecule has 1 aromatic rings. The van der Waals surface area contributed by atoms with Crippen LogP contribution >= 0.6 is 11.6 Å². The summed E-state index contributed by atoms with van der Waals surface area (Å²) in [6.45, 7) is 3.35. The van der Waals surface area contributed by atoms with Crippen LogP contribution in [0.2, 0.25) is 5.02 Å². The van der Waals surface area contributed by atoms with Crippen molar-refractivity contribution in [2.24, 2.45) is 0 Å². The molecule has 0 radical (unpaired) electrons. The lowest BCUT2D eigenvalue weighted by Gasteiger charge is -2.35. The van der Waals surface area contributed by atoms with Gasteiger partial charge in [0.05, 0.1) is 0 Å². The van der Waals surface area contributed by atoms with Crippen molar-refractivity contribution in [1.29, 1.82) is 0 Å². The van der Waals surface area contributed by atoms with Crippen LogP contribution in [0.15, 0.2) is 18.2 Å². The van der Waals surface area contributed by atoms with E-state index >= 15 is 0 Å². The summed E-state index contributed by atoms with van der Waals surface area (Å²) in [7, 11) is 0. The summed E-state index contributed by atoms with van der Waals surface area (Å²) in [5.74, 6) is -1.79. The molecule has 3 N–H and O–H groups in total. The van der Waals surface area contributed by atoms with E-state index in [1.54, 1.807) is 4.90 Å². The predicted molar refractivity (Wildman–Crippen MR) is 104 cm³/mol. The first-order valence-electron chi connectivity index (χ1n) is 9.83. The van der Waals surface area contributed by atoms with Crippen molar-refractivity contribution in [2.45, 2.75) is 63.3 Å². The maximum absolute atomic E-state index is 13.4. The predicted octanol–water partition coefficient (Wildman–Crippen LogP) is 1.98. The van der Waals surface area contributed by atoms with Crippen LogP contribution in [0.1, 0.15) is 44.6 Å². The van der Waals surface area contributed by atoms with Gasteiger partial charge in [-0.3, -0.25) is 9.59 Å². The van der Waals surface area contributed by atoms with E-state index in [1.807, 2.05) is 0 Å². The fourth-order valence-corrected chi connectivity index (χ4v) is 4.45. The zero-order chi connectivity index (χ0) is 20.3. The van der Waals surface area contributed by atoms with E-state index in [4.69, 9.17) is 11.6 Å². The molecule has 1 atom stereocenters. The van der Waals surface area contributed by atoms with Gasteiger partial charge in [-0.05, 0) is 56.0 Å². The van der Waals surface area contributed by atoms with Gasteiger partial charge >= 0.3 is 0 Å². The number of benzene rings is 1. The average molecular weight is 412 g/mol. The highest BCUT2D eigenvalue weighted by molar-refractivity contribution is 6.30. The number of likely N-dealkylation sites (tertiary alicyclic amines) is 1. The summed E-state index contributed by atoms with van der Waals surface area (Å²) in [6.07, 6.45) is 3.75. The molecule has 2 aliphatic rings. The van der Waals surface area contributed by atoms with Gasteiger partial charge in [0, 0.05) is 36.6 Å². The molecule has 1 saturated heterocycles. The fraction of sp³-hybridized carbons (Fsp3) is 0.600. The number of nitrogens with zero attached hydrogens (tertiary/aromatic N) is 1. The van der Waals surface area contributed by atoms with E-state index in [9.17, 15) is 19.1 Å². The van der Waals surface area contributed by atoms with Gasteiger partial charge in [-0.1, -0.05) is 18.5 Å². The molecular weight excluding hydrogens is 385 g/mol. The summed E-state index contributed by atoms with van der Waals surface area (Å²) in [5, 5.41) is 16.9. The van der Waals surface area contributed by atoms with Crippen molar-refractivity contribution in [3.8, 4) is 0 Å². The van der Waals surface area contributed by atoms with Crippen molar-refractivity contribution >= 4 is 23.4 Å². The standard InChI is InChI=1S/C20H27ClFN3O3/c1-2-23-16-3-5-17(6-4-16)25-8-7-20(28,19(25)27)18(26)24-12-13-9-14(21)11-15(22)10-13/h9-11,16-17,23,28H,2-8,12H2,1H3,(H,24,26). The second-order valence-corrected chi connectivity index (χ2v) is 8.07. The molecule has 1 heterocycles. The van der Waals surface area contributed by atoms with Crippen LogP contribution < -0.4 is 10.6 Å². The number of nitrogens with one attached hydrogen (secondary N) is 2. The summed E-state index contributed by atoms with van der Waals surface area (Å²) in [6, 6.07) is 4.48. The molecule has 2 fully saturated rings. The lowest BCUT2D eigenvalue weighted by atomic mass is 9.90. The van der Waals surface area contributed by atoms with Gasteiger partial charge in [0.25, 0.3) is 11.8 Å². The Labute approximate surface area is 169 Å². The maximum atomic E-state index is 13.4. The van der Waals surface area contributed by atoms with Gasteiger partial charge < -0.3 is 20.6 Å². The molecule has 1 unspecified atom stereocenters. The Morgan fingerprint density at radius 3 is 2.68 bits per heavy atom. The van der Waals surface area contributed by atoms with Crippen molar-refractivity contribution in [3.63, 3.8) is 0 Å². The quantitative estimate of drug-likeness (QED) is 0.625. The number of amides is 2. The Kier molecular flexibility index (Phi) is 6.58. The van der Waals surface area contributed by atoms with E-state index in [0.29, 0.717) is 18.2 Å². The number of halogens is 2. The molecule has 1 aliphatic carbocycles. The fourth-order valence-electron chi connectivity index (χ4n) is 4.21. The van der Waals surface area contributed by atoms with Crippen LogP contribution in [-0.4, -0.2) is 52.6 Å². The normalized spacial score (nSPS) is 27.9. The maximum Gasteiger partial charge on any atom is 0.264 e. The van der Waals surface area contributed by atoms with Crippen molar-refractivity contribution in [2.75, 3.05) is 13.1 Å². The van der Waals surface area contributed by atoms with Gasteiger partial charge in [-0.15, -0.1) is 0 Å². The van der Waals surface area contributed by atoms with Crippen LogP contribution in [-0.2, 0) is 16.1 Å². The minimum absolute atomic E-state index is 0.0142. The van der Waals surface area contributed by atoms with Crippen LogP contribution in [0.4, 0.5) is 4.39 Å². The molecule has 0 aromatic heterocycles. The second-order valence-electron chi connectivity index (χ2n) is 7.63. The topological polar surface area (TPSA) is 81.7 Å². The van der Waals surface area contributed by atoms with Gasteiger partial charge in [-0.25, -0.2) is 4.39 Å². The van der Waals surface area contributed by atoms with Gasteiger partial charge in [-0.2, -0.15) is 0 Å². The molecule has 1 saturated carbocycles. The van der Waals surface area contributed by atoms with Crippen molar-refractivity contribution in [1.82, 2.24) is 15.5 Å². The third-order valence-electron chi connectivity index (χ3n) is 5.71. The highest BCUT2D eigenvalue weighted by Crippen LogP contribution is 2.31. The van der Waals surface area contributed by atoms with E-state index in [0.717, 1.165) is 32.2 Å². The Morgan fingerprint density at radius 1 is 1.32 bits per heavy atom. The number of hydrogen-bond acceptors (Lipinski definition) is 4. The van der Waals surface area contributed by atoms with E-state index in [1.165, 1.54) is 18.2 Å². The smallest absolute Gasteiger partial charge is 0.264 e. The SMILES string of the molecule is CCNC1CCC(N2CCC(O)(C(=O)NCc3cc(F)cc(Cl)c3)C2=O)CC1. The Bertz CT molecular complexity index is 719. The Hall–Kier alpha value is -1.70.